The predicted octanol–water partition coefficient (Wildman–Crippen LogP) is 4.33. The summed E-state index contributed by atoms with van der Waals surface area (Å²) >= 11 is 0. The second-order valence-electron chi connectivity index (χ2n) is 6.14. The smallest absolute Gasteiger partial charge is 0.119 e. The molecule has 2 nitrogen and oxygen atoms in total. The molecule has 2 rings (SSSR count). The van der Waals surface area contributed by atoms with Crippen LogP contribution < -0.4 is 0 Å². The summed E-state index contributed by atoms with van der Waals surface area (Å²) in [5.41, 5.74) is 4.33. The van der Waals surface area contributed by atoms with Crippen LogP contribution in [0, 0.1) is 5.92 Å². The second-order valence-corrected chi connectivity index (χ2v) is 6.14. The van der Waals surface area contributed by atoms with Gasteiger partial charge in [-0.25, -0.2) is 0 Å². The number of aliphatic hydroxyl groups excluding tert-OH is 1. The number of allylic oxidation sites excluding steroid dienone is 2. The van der Waals surface area contributed by atoms with Crippen LogP contribution in [0.1, 0.15) is 50.2 Å². The fourth-order valence-corrected chi connectivity index (χ4v) is 3.28. The van der Waals surface area contributed by atoms with Crippen molar-refractivity contribution in [3.8, 4) is 5.75 Å². The Bertz CT molecular complexity index is 542. The Labute approximate surface area is 127 Å². The van der Waals surface area contributed by atoms with Crippen LogP contribution in [-0.4, -0.2) is 16.8 Å². The first kappa shape index (κ1) is 15.8. The zero-order valence-corrected chi connectivity index (χ0v) is 13.1. The van der Waals surface area contributed by atoms with Crippen molar-refractivity contribution in [3.05, 3.63) is 53.1 Å². The Morgan fingerprint density at radius 3 is 2.71 bits per heavy atom. The Morgan fingerprint density at radius 1 is 1.38 bits per heavy atom. The van der Waals surface area contributed by atoms with E-state index < -0.39 is 0 Å². The van der Waals surface area contributed by atoms with Crippen LogP contribution in [0.4, 0.5) is 0 Å². The van der Waals surface area contributed by atoms with E-state index in [-0.39, 0.29) is 12.5 Å². The van der Waals surface area contributed by atoms with Gasteiger partial charge in [0.05, 0.1) is 6.61 Å². The fourth-order valence-electron chi connectivity index (χ4n) is 3.28. The molecule has 0 saturated carbocycles. The van der Waals surface area contributed by atoms with Crippen LogP contribution in [0.2, 0.25) is 0 Å². The maximum atomic E-state index is 10.4. The van der Waals surface area contributed by atoms with Gasteiger partial charge in [-0.2, -0.15) is 0 Å². The molecule has 2 heteroatoms. The van der Waals surface area contributed by atoms with E-state index in [9.17, 15) is 10.2 Å². The summed E-state index contributed by atoms with van der Waals surface area (Å²) in [5, 5.41) is 19.8. The van der Waals surface area contributed by atoms with Crippen molar-refractivity contribution in [2.45, 2.75) is 45.4 Å². The van der Waals surface area contributed by atoms with Crippen LogP contribution >= 0.6 is 0 Å². The van der Waals surface area contributed by atoms with Gasteiger partial charge in [0.15, 0.2) is 0 Å². The molecule has 114 valence electrons. The van der Waals surface area contributed by atoms with E-state index in [4.69, 9.17) is 0 Å². The first-order valence-corrected chi connectivity index (χ1v) is 7.84. The van der Waals surface area contributed by atoms with E-state index in [0.717, 1.165) is 42.4 Å². The standard InChI is InChI=1S/C19H26O2/c1-4-5-14-6-9-17(19(21)11-14)18-10-15(12-20)7-8-16(18)13(2)3/h6,9-11,16,18,20-21H,2,4-5,7-8,12H2,1,3H3/t16-,18+/m0/s1. The second kappa shape index (κ2) is 6.95. The van der Waals surface area contributed by atoms with Gasteiger partial charge in [-0.3, -0.25) is 0 Å². The van der Waals surface area contributed by atoms with Crippen molar-refractivity contribution < 1.29 is 10.2 Å². The molecule has 2 N–H and O–H groups in total. The number of aliphatic hydroxyl groups is 1. The molecule has 0 aliphatic heterocycles. The molecular weight excluding hydrogens is 260 g/mol. The molecule has 1 aromatic carbocycles. The van der Waals surface area contributed by atoms with Gasteiger partial charge in [-0.05, 0) is 49.3 Å². The first-order valence-electron chi connectivity index (χ1n) is 7.84. The minimum atomic E-state index is 0.105. The SMILES string of the molecule is C=C(C)[C@@H]1CCC(CO)=C[C@H]1c1ccc(CCC)cc1O. The number of hydrogen-bond acceptors (Lipinski definition) is 2. The van der Waals surface area contributed by atoms with Gasteiger partial charge in [0, 0.05) is 11.5 Å². The fraction of sp³-hybridized carbons (Fsp3) is 0.474. The van der Waals surface area contributed by atoms with E-state index >= 15 is 0 Å². The lowest BCUT2D eigenvalue weighted by Gasteiger charge is -2.31. The summed E-state index contributed by atoms with van der Waals surface area (Å²) in [6.07, 6.45) is 6.09. The van der Waals surface area contributed by atoms with E-state index in [1.807, 2.05) is 12.1 Å². The molecule has 1 aliphatic carbocycles. The first-order chi connectivity index (χ1) is 10.1. The highest BCUT2D eigenvalue weighted by Crippen LogP contribution is 2.42. The van der Waals surface area contributed by atoms with Crippen molar-refractivity contribution in [2.75, 3.05) is 6.61 Å². The highest BCUT2D eigenvalue weighted by atomic mass is 16.3. The third-order valence-corrected chi connectivity index (χ3v) is 4.45. The topological polar surface area (TPSA) is 40.5 Å². The van der Waals surface area contributed by atoms with Gasteiger partial charge in [-0.1, -0.05) is 43.7 Å². The molecule has 0 fully saturated rings. The van der Waals surface area contributed by atoms with Gasteiger partial charge >= 0.3 is 0 Å². The van der Waals surface area contributed by atoms with Gasteiger partial charge < -0.3 is 10.2 Å². The Morgan fingerprint density at radius 2 is 2.14 bits per heavy atom. The summed E-state index contributed by atoms with van der Waals surface area (Å²) in [6.45, 7) is 8.41. The largest absolute Gasteiger partial charge is 0.508 e. The third-order valence-electron chi connectivity index (χ3n) is 4.45. The lowest BCUT2D eigenvalue weighted by Crippen LogP contribution is -2.18. The predicted molar refractivity (Wildman–Crippen MR) is 87.5 cm³/mol. The lowest BCUT2D eigenvalue weighted by molar-refractivity contribution is 0.315. The van der Waals surface area contributed by atoms with E-state index in [0.29, 0.717) is 11.7 Å². The zero-order valence-electron chi connectivity index (χ0n) is 13.1. The number of phenols is 1. The molecule has 0 unspecified atom stereocenters. The molecule has 0 spiro atoms. The monoisotopic (exact) mass is 286 g/mol. The Hall–Kier alpha value is -1.54. The van der Waals surface area contributed by atoms with Crippen LogP contribution in [-0.2, 0) is 6.42 Å². The summed E-state index contributed by atoms with van der Waals surface area (Å²) in [6, 6.07) is 6.03. The van der Waals surface area contributed by atoms with E-state index in [1.165, 1.54) is 5.56 Å². The van der Waals surface area contributed by atoms with Gasteiger partial charge in [0.1, 0.15) is 5.75 Å². The summed E-state index contributed by atoms with van der Waals surface area (Å²) < 4.78 is 0. The van der Waals surface area contributed by atoms with Crippen LogP contribution in [0.5, 0.6) is 5.75 Å². The molecule has 0 bridgehead atoms. The molecule has 2 atom stereocenters. The number of rotatable bonds is 5. The molecule has 0 heterocycles. The zero-order chi connectivity index (χ0) is 15.4. The van der Waals surface area contributed by atoms with Crippen LogP contribution in [0.15, 0.2) is 42.0 Å². The molecule has 0 radical (unpaired) electrons. The Balaban J connectivity index is 2.38. The van der Waals surface area contributed by atoms with Crippen molar-refractivity contribution in [3.63, 3.8) is 0 Å². The minimum Gasteiger partial charge on any atom is -0.508 e. The molecule has 0 amide bonds. The molecule has 0 saturated heterocycles. The number of aryl methyl sites for hydroxylation is 1. The van der Waals surface area contributed by atoms with Gasteiger partial charge in [0.2, 0.25) is 0 Å². The summed E-state index contributed by atoms with van der Waals surface area (Å²) in [4.78, 5) is 0. The normalized spacial score (nSPS) is 22.0. The van der Waals surface area contributed by atoms with Gasteiger partial charge in [-0.15, -0.1) is 0 Å². The van der Waals surface area contributed by atoms with Crippen molar-refractivity contribution >= 4 is 0 Å². The average molecular weight is 286 g/mol. The molecule has 21 heavy (non-hydrogen) atoms. The van der Waals surface area contributed by atoms with Crippen molar-refractivity contribution in [1.29, 1.82) is 0 Å². The van der Waals surface area contributed by atoms with Crippen molar-refractivity contribution in [1.82, 2.24) is 0 Å². The van der Waals surface area contributed by atoms with Crippen LogP contribution in [0.3, 0.4) is 0 Å². The highest BCUT2D eigenvalue weighted by Gasteiger charge is 2.28. The number of benzene rings is 1. The van der Waals surface area contributed by atoms with E-state index in [2.05, 4.69) is 32.6 Å². The molecule has 1 aromatic rings. The summed E-state index contributed by atoms with van der Waals surface area (Å²) in [5.74, 6) is 0.824. The van der Waals surface area contributed by atoms with Gasteiger partial charge in [0.25, 0.3) is 0 Å². The number of aromatic hydroxyl groups is 1. The highest BCUT2D eigenvalue weighted by molar-refractivity contribution is 5.43. The number of phenolic OH excluding ortho intramolecular Hbond substituents is 1. The maximum absolute atomic E-state index is 10.4. The van der Waals surface area contributed by atoms with Crippen molar-refractivity contribution in [2.24, 2.45) is 5.92 Å². The van der Waals surface area contributed by atoms with E-state index in [1.54, 1.807) is 0 Å². The van der Waals surface area contributed by atoms with Crippen LogP contribution in [0.25, 0.3) is 0 Å². The molecule has 0 aromatic heterocycles. The average Bonchev–Trinajstić information content (AvgIpc) is 2.47. The molecular formula is C19H26O2. The Kier molecular flexibility index (Phi) is 5.24. The summed E-state index contributed by atoms with van der Waals surface area (Å²) in [7, 11) is 0. The quantitative estimate of drug-likeness (QED) is 0.791. The maximum Gasteiger partial charge on any atom is 0.119 e. The third kappa shape index (κ3) is 3.56. The molecule has 1 aliphatic rings. The lowest BCUT2D eigenvalue weighted by atomic mass is 9.74. The minimum absolute atomic E-state index is 0.105. The number of hydrogen-bond donors (Lipinski definition) is 2.